The van der Waals surface area contributed by atoms with Crippen molar-refractivity contribution in [3.05, 3.63) is 40.7 Å². The standard InChI is InChI=1S/C19H25FN4O2S/c1-4-5-6-7-15-23-24-19(27-15)22-18(26)16(12(2)3)21-17(25)13-8-10-14(20)11-9-13/h8-12,16H,4-7H2,1-3H3,(H,21,25)(H,22,24,26). The van der Waals surface area contributed by atoms with Gasteiger partial charge in [-0.15, -0.1) is 10.2 Å². The molecule has 1 atom stereocenters. The van der Waals surface area contributed by atoms with Crippen molar-refractivity contribution >= 4 is 28.3 Å². The number of amides is 2. The van der Waals surface area contributed by atoms with Crippen LogP contribution in [0.1, 0.15) is 55.4 Å². The van der Waals surface area contributed by atoms with Gasteiger partial charge in [-0.05, 0) is 36.6 Å². The van der Waals surface area contributed by atoms with Crippen LogP contribution in [0.25, 0.3) is 0 Å². The second kappa shape index (κ2) is 10.1. The fourth-order valence-corrected chi connectivity index (χ4v) is 3.26. The Bertz CT molecular complexity index is 761. The van der Waals surface area contributed by atoms with Crippen molar-refractivity contribution in [2.45, 2.75) is 52.5 Å². The molecule has 1 aromatic heterocycles. The number of unbranched alkanes of at least 4 members (excludes halogenated alkanes) is 2. The fourth-order valence-electron chi connectivity index (χ4n) is 2.48. The Morgan fingerprint density at radius 3 is 2.48 bits per heavy atom. The summed E-state index contributed by atoms with van der Waals surface area (Å²) in [4.78, 5) is 24.9. The van der Waals surface area contributed by atoms with E-state index < -0.39 is 17.8 Å². The lowest BCUT2D eigenvalue weighted by Gasteiger charge is -2.21. The molecule has 0 aliphatic heterocycles. The zero-order valence-electron chi connectivity index (χ0n) is 15.8. The highest BCUT2D eigenvalue weighted by Gasteiger charge is 2.25. The van der Waals surface area contributed by atoms with E-state index >= 15 is 0 Å². The minimum absolute atomic E-state index is 0.133. The van der Waals surface area contributed by atoms with E-state index in [-0.39, 0.29) is 11.8 Å². The Hall–Kier alpha value is -2.35. The number of hydrogen-bond donors (Lipinski definition) is 2. The maximum Gasteiger partial charge on any atom is 0.251 e. The minimum Gasteiger partial charge on any atom is -0.340 e. The minimum atomic E-state index is -0.741. The van der Waals surface area contributed by atoms with Gasteiger partial charge in [0.15, 0.2) is 0 Å². The Balaban J connectivity index is 1.98. The van der Waals surface area contributed by atoms with Crippen LogP contribution >= 0.6 is 11.3 Å². The first-order valence-electron chi connectivity index (χ1n) is 9.10. The summed E-state index contributed by atoms with van der Waals surface area (Å²) in [6.45, 7) is 5.81. The van der Waals surface area contributed by atoms with Gasteiger partial charge in [-0.25, -0.2) is 4.39 Å². The molecule has 0 radical (unpaired) electrons. The smallest absolute Gasteiger partial charge is 0.251 e. The predicted octanol–water partition coefficient (Wildman–Crippen LogP) is 3.80. The molecule has 1 heterocycles. The van der Waals surface area contributed by atoms with Crippen LogP contribution in [0.3, 0.4) is 0 Å². The molecule has 0 fully saturated rings. The van der Waals surface area contributed by atoms with E-state index in [0.29, 0.717) is 10.7 Å². The van der Waals surface area contributed by atoms with Gasteiger partial charge in [-0.1, -0.05) is 44.9 Å². The summed E-state index contributed by atoms with van der Waals surface area (Å²) in [7, 11) is 0. The number of nitrogens with one attached hydrogen (secondary N) is 2. The molecule has 0 saturated carbocycles. The lowest BCUT2D eigenvalue weighted by Crippen LogP contribution is -2.47. The summed E-state index contributed by atoms with van der Waals surface area (Å²) in [5.41, 5.74) is 0.295. The highest BCUT2D eigenvalue weighted by molar-refractivity contribution is 7.15. The molecular weight excluding hydrogens is 367 g/mol. The number of rotatable bonds is 9. The summed E-state index contributed by atoms with van der Waals surface area (Å²) in [6, 6.07) is 4.44. The van der Waals surface area contributed by atoms with Crippen molar-refractivity contribution in [2.24, 2.45) is 5.92 Å². The third-order valence-corrected chi connectivity index (χ3v) is 4.93. The first-order valence-corrected chi connectivity index (χ1v) is 9.92. The van der Waals surface area contributed by atoms with Crippen molar-refractivity contribution in [2.75, 3.05) is 5.32 Å². The molecule has 0 saturated heterocycles. The molecule has 2 N–H and O–H groups in total. The van der Waals surface area contributed by atoms with Crippen LogP contribution < -0.4 is 10.6 Å². The largest absolute Gasteiger partial charge is 0.340 e. The van der Waals surface area contributed by atoms with Crippen LogP contribution in [-0.4, -0.2) is 28.1 Å². The van der Waals surface area contributed by atoms with Gasteiger partial charge in [0.05, 0.1) is 0 Å². The first kappa shape index (κ1) is 21.0. The maximum atomic E-state index is 13.0. The van der Waals surface area contributed by atoms with Gasteiger partial charge in [-0.2, -0.15) is 0 Å². The van der Waals surface area contributed by atoms with E-state index in [1.165, 1.54) is 35.6 Å². The van der Waals surface area contributed by atoms with Gasteiger partial charge in [-0.3, -0.25) is 14.9 Å². The molecule has 1 aromatic carbocycles. The zero-order chi connectivity index (χ0) is 19.8. The van der Waals surface area contributed by atoms with Crippen LogP contribution in [0.2, 0.25) is 0 Å². The van der Waals surface area contributed by atoms with Crippen molar-refractivity contribution < 1.29 is 14.0 Å². The van der Waals surface area contributed by atoms with Crippen LogP contribution in [0.15, 0.2) is 24.3 Å². The lowest BCUT2D eigenvalue weighted by molar-refractivity contribution is -0.118. The topological polar surface area (TPSA) is 84.0 Å². The van der Waals surface area contributed by atoms with E-state index in [9.17, 15) is 14.0 Å². The maximum absolute atomic E-state index is 13.0. The number of hydrogen-bond acceptors (Lipinski definition) is 5. The van der Waals surface area contributed by atoms with E-state index in [1.54, 1.807) is 0 Å². The van der Waals surface area contributed by atoms with Crippen molar-refractivity contribution in [3.63, 3.8) is 0 Å². The quantitative estimate of drug-likeness (QED) is 0.636. The van der Waals surface area contributed by atoms with Crippen LogP contribution in [-0.2, 0) is 11.2 Å². The molecular formula is C19H25FN4O2S. The van der Waals surface area contributed by atoms with E-state index in [4.69, 9.17) is 0 Å². The molecule has 0 spiro atoms. The highest BCUT2D eigenvalue weighted by Crippen LogP contribution is 2.18. The van der Waals surface area contributed by atoms with Gasteiger partial charge in [0.25, 0.3) is 5.91 Å². The summed E-state index contributed by atoms with van der Waals surface area (Å²) in [6.07, 6.45) is 4.15. The summed E-state index contributed by atoms with van der Waals surface area (Å²) in [5, 5.41) is 14.8. The first-order chi connectivity index (χ1) is 12.9. The van der Waals surface area contributed by atoms with Crippen LogP contribution in [0.4, 0.5) is 9.52 Å². The fraction of sp³-hybridized carbons (Fsp3) is 0.474. The normalized spacial score (nSPS) is 12.0. The van der Waals surface area contributed by atoms with Crippen LogP contribution in [0.5, 0.6) is 0 Å². The molecule has 6 nitrogen and oxygen atoms in total. The second-order valence-corrected chi connectivity index (χ2v) is 7.71. The SMILES string of the molecule is CCCCCc1nnc(NC(=O)C(NC(=O)c2ccc(F)cc2)C(C)C)s1. The number of aromatic nitrogens is 2. The number of benzene rings is 1. The Morgan fingerprint density at radius 2 is 1.85 bits per heavy atom. The van der Waals surface area contributed by atoms with Gasteiger partial charge >= 0.3 is 0 Å². The van der Waals surface area contributed by atoms with Gasteiger partial charge in [0, 0.05) is 12.0 Å². The number of anilines is 1. The zero-order valence-corrected chi connectivity index (χ0v) is 16.6. The van der Waals surface area contributed by atoms with Gasteiger partial charge < -0.3 is 5.32 Å². The Labute approximate surface area is 162 Å². The average molecular weight is 393 g/mol. The number of halogens is 1. The third-order valence-electron chi connectivity index (χ3n) is 4.03. The van der Waals surface area contributed by atoms with Crippen molar-refractivity contribution in [1.29, 1.82) is 0 Å². The molecule has 27 heavy (non-hydrogen) atoms. The summed E-state index contributed by atoms with van der Waals surface area (Å²) in [5.74, 6) is -1.33. The molecule has 146 valence electrons. The second-order valence-electron chi connectivity index (χ2n) is 6.65. The molecule has 8 heteroatoms. The van der Waals surface area contributed by atoms with Crippen molar-refractivity contribution in [3.8, 4) is 0 Å². The number of nitrogens with zero attached hydrogens (tertiary/aromatic N) is 2. The third kappa shape index (κ3) is 6.39. The molecule has 0 aliphatic rings. The molecule has 1 unspecified atom stereocenters. The predicted molar refractivity (Wildman–Crippen MR) is 104 cm³/mol. The molecule has 2 rings (SSSR count). The summed E-state index contributed by atoms with van der Waals surface area (Å²) < 4.78 is 13.0. The van der Waals surface area contributed by atoms with Crippen LogP contribution in [0, 0.1) is 11.7 Å². The molecule has 0 aliphatic carbocycles. The highest BCUT2D eigenvalue weighted by atomic mass is 32.1. The Kier molecular flexibility index (Phi) is 7.84. The number of carbonyl (C=O) groups excluding carboxylic acids is 2. The molecule has 2 aromatic rings. The molecule has 2 amide bonds. The van der Waals surface area contributed by atoms with Gasteiger partial charge in [0.1, 0.15) is 16.9 Å². The van der Waals surface area contributed by atoms with Gasteiger partial charge in [0.2, 0.25) is 11.0 Å². The lowest BCUT2D eigenvalue weighted by atomic mass is 10.0. The molecule has 0 bridgehead atoms. The van der Waals surface area contributed by atoms with E-state index in [0.717, 1.165) is 30.7 Å². The van der Waals surface area contributed by atoms with Crippen molar-refractivity contribution in [1.82, 2.24) is 15.5 Å². The van der Waals surface area contributed by atoms with E-state index in [2.05, 4.69) is 27.8 Å². The van der Waals surface area contributed by atoms with E-state index in [1.807, 2.05) is 13.8 Å². The summed E-state index contributed by atoms with van der Waals surface area (Å²) >= 11 is 1.35. The number of carbonyl (C=O) groups is 2. The monoisotopic (exact) mass is 392 g/mol. The Morgan fingerprint density at radius 1 is 1.15 bits per heavy atom. The average Bonchev–Trinajstić information content (AvgIpc) is 3.07. The number of aryl methyl sites for hydroxylation is 1.